The van der Waals surface area contributed by atoms with Crippen molar-refractivity contribution in [2.75, 3.05) is 0 Å². The van der Waals surface area contributed by atoms with Crippen LogP contribution in [-0.2, 0) is 6.54 Å². The predicted octanol–water partition coefficient (Wildman–Crippen LogP) is 4.78. The lowest BCUT2D eigenvalue weighted by atomic mass is 10.0. The van der Waals surface area contributed by atoms with Gasteiger partial charge in [-0.25, -0.2) is 4.57 Å². The molecule has 0 saturated heterocycles. The minimum Gasteiger partial charge on any atom is -0.205 e. The summed E-state index contributed by atoms with van der Waals surface area (Å²) >= 11 is 0. The second kappa shape index (κ2) is 8.13. The largest absolute Gasteiger partial charge is 0.205 e. The van der Waals surface area contributed by atoms with Gasteiger partial charge < -0.3 is 0 Å². The number of rotatable bonds is 4. The quantitative estimate of drug-likeness (QED) is 0.371. The molecule has 0 N–H and O–H groups in total. The van der Waals surface area contributed by atoms with Gasteiger partial charge in [-0.3, -0.25) is 0 Å². The second-order valence-corrected chi connectivity index (χ2v) is 5.97. The van der Waals surface area contributed by atoms with Crippen molar-refractivity contribution in [2.24, 2.45) is 0 Å². The van der Waals surface area contributed by atoms with Crippen LogP contribution in [0.2, 0.25) is 0 Å². The SMILES string of the molecule is Cc1ccc[n+](CCCC#Cc2ccc(-c3ccccc3)cc2)c1. The minimum absolute atomic E-state index is 0.918. The summed E-state index contributed by atoms with van der Waals surface area (Å²) in [7, 11) is 0. The third-order valence-electron chi connectivity index (χ3n) is 3.95. The van der Waals surface area contributed by atoms with E-state index in [1.54, 1.807) is 0 Å². The Labute approximate surface area is 144 Å². The van der Waals surface area contributed by atoms with Crippen molar-refractivity contribution in [3.05, 3.63) is 90.3 Å². The van der Waals surface area contributed by atoms with Crippen LogP contribution >= 0.6 is 0 Å². The molecule has 3 aromatic rings. The third kappa shape index (κ3) is 4.57. The highest BCUT2D eigenvalue weighted by Crippen LogP contribution is 2.18. The minimum atomic E-state index is 0.918. The maximum Gasteiger partial charge on any atom is 0.171 e. The van der Waals surface area contributed by atoms with Crippen molar-refractivity contribution >= 4 is 0 Å². The Morgan fingerprint density at radius 1 is 0.833 bits per heavy atom. The van der Waals surface area contributed by atoms with Crippen LogP contribution in [0.5, 0.6) is 0 Å². The van der Waals surface area contributed by atoms with Gasteiger partial charge in [0.05, 0.1) is 0 Å². The molecule has 3 rings (SSSR count). The Morgan fingerprint density at radius 2 is 1.58 bits per heavy atom. The van der Waals surface area contributed by atoms with Gasteiger partial charge >= 0.3 is 0 Å². The molecular weight excluding hydrogens is 290 g/mol. The molecule has 1 heterocycles. The van der Waals surface area contributed by atoms with Crippen LogP contribution < -0.4 is 4.57 Å². The van der Waals surface area contributed by atoms with Crippen molar-refractivity contribution in [1.29, 1.82) is 0 Å². The van der Waals surface area contributed by atoms with Gasteiger partial charge in [0.15, 0.2) is 12.4 Å². The van der Waals surface area contributed by atoms with Crippen LogP contribution in [0.4, 0.5) is 0 Å². The topological polar surface area (TPSA) is 3.88 Å². The van der Waals surface area contributed by atoms with Crippen LogP contribution in [0, 0.1) is 18.8 Å². The van der Waals surface area contributed by atoms with Crippen LogP contribution in [0.3, 0.4) is 0 Å². The fourth-order valence-corrected chi connectivity index (χ4v) is 2.68. The summed E-state index contributed by atoms with van der Waals surface area (Å²) in [4.78, 5) is 0. The van der Waals surface area contributed by atoms with E-state index >= 15 is 0 Å². The molecular formula is C23H22N+. The summed E-state index contributed by atoms with van der Waals surface area (Å²) in [5.74, 6) is 6.54. The summed E-state index contributed by atoms with van der Waals surface area (Å²) in [5.41, 5.74) is 4.85. The predicted molar refractivity (Wildman–Crippen MR) is 99.4 cm³/mol. The summed E-state index contributed by atoms with van der Waals surface area (Å²) in [6.07, 6.45) is 6.28. The van der Waals surface area contributed by atoms with E-state index in [-0.39, 0.29) is 0 Å². The van der Waals surface area contributed by atoms with Crippen LogP contribution in [0.15, 0.2) is 79.1 Å². The number of unbranched alkanes of at least 4 members (excludes halogenated alkanes) is 1. The number of aromatic nitrogens is 1. The molecule has 0 aliphatic rings. The Kier molecular flexibility index (Phi) is 5.43. The molecule has 0 bridgehead atoms. The number of benzene rings is 2. The average Bonchev–Trinajstić information content (AvgIpc) is 2.63. The second-order valence-electron chi connectivity index (χ2n) is 5.97. The number of nitrogens with zero attached hydrogens (tertiary/aromatic N) is 1. The summed E-state index contributed by atoms with van der Waals surface area (Å²) in [6.45, 7) is 3.14. The first-order valence-electron chi connectivity index (χ1n) is 8.41. The summed E-state index contributed by atoms with van der Waals surface area (Å²) in [6, 6.07) is 23.1. The first-order chi connectivity index (χ1) is 11.8. The molecule has 0 fully saturated rings. The molecule has 0 unspecified atom stereocenters. The molecule has 0 amide bonds. The van der Waals surface area contributed by atoms with E-state index in [2.05, 4.69) is 96.4 Å². The average molecular weight is 312 g/mol. The molecule has 0 saturated carbocycles. The third-order valence-corrected chi connectivity index (χ3v) is 3.95. The fraction of sp³-hybridized carbons (Fsp3) is 0.174. The molecule has 2 aromatic carbocycles. The number of hydrogen-bond donors (Lipinski definition) is 0. The zero-order valence-corrected chi connectivity index (χ0v) is 14.1. The molecule has 1 nitrogen and oxygen atoms in total. The molecule has 1 aromatic heterocycles. The van der Waals surface area contributed by atoms with E-state index in [1.165, 1.54) is 16.7 Å². The zero-order valence-electron chi connectivity index (χ0n) is 14.1. The van der Waals surface area contributed by atoms with Crippen molar-refractivity contribution in [2.45, 2.75) is 26.3 Å². The Hall–Kier alpha value is -2.85. The van der Waals surface area contributed by atoms with Gasteiger partial charge in [-0.05, 0) is 36.2 Å². The maximum atomic E-state index is 3.28. The monoisotopic (exact) mass is 312 g/mol. The number of pyridine rings is 1. The van der Waals surface area contributed by atoms with E-state index < -0.39 is 0 Å². The fourth-order valence-electron chi connectivity index (χ4n) is 2.68. The molecule has 24 heavy (non-hydrogen) atoms. The van der Waals surface area contributed by atoms with Crippen LogP contribution in [0.25, 0.3) is 11.1 Å². The standard InChI is InChI=1S/C23H22N/c1-20-9-8-18-24(19-20)17-7-3-4-10-21-13-15-23(16-14-21)22-11-5-2-6-12-22/h2,5-6,8-9,11-16,18-19H,3,7,17H2,1H3/q+1. The lowest BCUT2D eigenvalue weighted by molar-refractivity contribution is -0.697. The van der Waals surface area contributed by atoms with E-state index in [9.17, 15) is 0 Å². The zero-order chi connectivity index (χ0) is 16.6. The van der Waals surface area contributed by atoms with Crippen molar-refractivity contribution in [3.63, 3.8) is 0 Å². The molecule has 0 radical (unpaired) electrons. The first kappa shape index (κ1) is 16.0. The Morgan fingerprint density at radius 3 is 2.33 bits per heavy atom. The normalized spacial score (nSPS) is 10.0. The highest BCUT2D eigenvalue weighted by atomic mass is 14.9. The summed E-state index contributed by atoms with van der Waals surface area (Å²) < 4.78 is 2.23. The lowest BCUT2D eigenvalue weighted by Crippen LogP contribution is -2.32. The smallest absolute Gasteiger partial charge is 0.171 e. The van der Waals surface area contributed by atoms with E-state index in [4.69, 9.17) is 0 Å². The molecule has 0 spiro atoms. The number of aryl methyl sites for hydroxylation is 2. The number of hydrogen-bond acceptors (Lipinski definition) is 0. The van der Waals surface area contributed by atoms with Gasteiger partial charge in [0.25, 0.3) is 0 Å². The van der Waals surface area contributed by atoms with E-state index in [1.807, 2.05) is 6.07 Å². The maximum absolute atomic E-state index is 3.28. The Bertz CT molecular complexity index is 836. The van der Waals surface area contributed by atoms with Gasteiger partial charge in [0, 0.05) is 30.0 Å². The van der Waals surface area contributed by atoms with Crippen LogP contribution in [-0.4, -0.2) is 0 Å². The molecule has 1 heteroatoms. The van der Waals surface area contributed by atoms with E-state index in [0.29, 0.717) is 0 Å². The van der Waals surface area contributed by atoms with E-state index in [0.717, 1.165) is 24.9 Å². The molecule has 0 atom stereocenters. The van der Waals surface area contributed by atoms with Crippen LogP contribution in [0.1, 0.15) is 24.0 Å². The molecule has 0 aliphatic heterocycles. The van der Waals surface area contributed by atoms with Gasteiger partial charge in [-0.1, -0.05) is 54.3 Å². The van der Waals surface area contributed by atoms with Crippen molar-refractivity contribution < 1.29 is 4.57 Å². The van der Waals surface area contributed by atoms with Gasteiger partial charge in [-0.15, -0.1) is 0 Å². The molecule has 118 valence electrons. The summed E-state index contributed by atoms with van der Waals surface area (Å²) in [5, 5.41) is 0. The lowest BCUT2D eigenvalue weighted by Gasteiger charge is -2.00. The van der Waals surface area contributed by atoms with Gasteiger partial charge in [-0.2, -0.15) is 0 Å². The van der Waals surface area contributed by atoms with Gasteiger partial charge in [0.1, 0.15) is 6.54 Å². The highest BCUT2D eigenvalue weighted by Gasteiger charge is 1.99. The van der Waals surface area contributed by atoms with Crippen molar-refractivity contribution in [1.82, 2.24) is 0 Å². The molecule has 0 aliphatic carbocycles. The van der Waals surface area contributed by atoms with Gasteiger partial charge in [0.2, 0.25) is 0 Å². The highest BCUT2D eigenvalue weighted by molar-refractivity contribution is 5.64. The van der Waals surface area contributed by atoms with Crippen molar-refractivity contribution in [3.8, 4) is 23.0 Å². The first-order valence-corrected chi connectivity index (χ1v) is 8.41. The Balaban J connectivity index is 1.53.